The summed E-state index contributed by atoms with van der Waals surface area (Å²) in [5.41, 5.74) is 4.71. The van der Waals surface area contributed by atoms with Crippen LogP contribution in [0.1, 0.15) is 27.8 Å². The Kier molecular flexibility index (Phi) is 6.82. The van der Waals surface area contributed by atoms with Crippen LogP contribution in [0.2, 0.25) is 10.0 Å². The van der Waals surface area contributed by atoms with Gasteiger partial charge in [-0.05, 0) is 39.5 Å². The first-order valence-electron chi connectivity index (χ1n) is 9.72. The largest absolute Gasteiger partial charge is 0.319 e. The van der Waals surface area contributed by atoms with Gasteiger partial charge < -0.3 is 5.32 Å². The number of halogens is 3. The van der Waals surface area contributed by atoms with Gasteiger partial charge in [0.05, 0.1) is 21.3 Å². The Labute approximate surface area is 211 Å². The minimum atomic E-state index is -0.666. The number of pyridine rings is 1. The summed E-state index contributed by atoms with van der Waals surface area (Å²) in [5, 5.41) is 8.68. The first-order chi connectivity index (χ1) is 16.3. The number of hydrazine groups is 1. The monoisotopic (exact) mass is 560 g/mol. The number of fused-ring (bicyclic) bond motifs is 1. The van der Waals surface area contributed by atoms with E-state index in [4.69, 9.17) is 23.2 Å². The van der Waals surface area contributed by atoms with Crippen molar-refractivity contribution in [1.29, 1.82) is 0 Å². The molecule has 172 valence electrons. The summed E-state index contributed by atoms with van der Waals surface area (Å²) < 4.78 is 1.64. The maximum absolute atomic E-state index is 13.3. The SMILES string of the molecule is CC(=O)NNC(=O)c1cc2ccccc2c(Cl)c1NC(=O)c1cc(Br)nn1-c1ncccc1Cl. The molecular weight excluding hydrogens is 547 g/mol. The fourth-order valence-corrected chi connectivity index (χ4v) is 4.10. The zero-order valence-electron chi connectivity index (χ0n) is 17.4. The first kappa shape index (κ1) is 23.7. The van der Waals surface area contributed by atoms with Crippen molar-refractivity contribution < 1.29 is 14.4 Å². The number of benzene rings is 2. The Morgan fingerprint density at radius 3 is 2.50 bits per heavy atom. The Hall–Kier alpha value is -3.47. The molecule has 0 aliphatic carbocycles. The smallest absolute Gasteiger partial charge is 0.274 e. The third-order valence-electron chi connectivity index (χ3n) is 4.67. The molecule has 0 bridgehead atoms. The van der Waals surface area contributed by atoms with Crippen LogP contribution in [0.4, 0.5) is 5.69 Å². The molecule has 0 unspecified atom stereocenters. The maximum Gasteiger partial charge on any atom is 0.274 e. The molecule has 2 aromatic carbocycles. The van der Waals surface area contributed by atoms with E-state index in [-0.39, 0.29) is 32.8 Å². The molecule has 0 spiro atoms. The Bertz CT molecular complexity index is 1460. The van der Waals surface area contributed by atoms with Gasteiger partial charge in [-0.15, -0.1) is 0 Å². The number of carbonyl (C=O) groups excluding carboxylic acids is 3. The molecule has 12 heteroatoms. The molecule has 3 N–H and O–H groups in total. The van der Waals surface area contributed by atoms with Crippen molar-refractivity contribution in [3.63, 3.8) is 0 Å². The van der Waals surface area contributed by atoms with Crippen LogP contribution in [0.15, 0.2) is 59.3 Å². The van der Waals surface area contributed by atoms with E-state index in [0.29, 0.717) is 15.4 Å². The van der Waals surface area contributed by atoms with Gasteiger partial charge in [0.2, 0.25) is 5.91 Å². The maximum atomic E-state index is 13.3. The predicted molar refractivity (Wildman–Crippen MR) is 132 cm³/mol. The zero-order chi connectivity index (χ0) is 24.4. The topological polar surface area (TPSA) is 118 Å². The quantitative estimate of drug-likeness (QED) is 0.316. The number of nitrogens with one attached hydrogen (secondary N) is 3. The van der Waals surface area contributed by atoms with Crippen molar-refractivity contribution >= 4 is 73.3 Å². The molecule has 0 radical (unpaired) electrons. The standard InChI is InChI=1S/C22H15BrCl2N6O3/c1-11(32)28-29-21(33)14-9-12-5-2-3-6-13(12)18(25)19(14)27-22(34)16-10-17(23)30-31(16)20-15(24)7-4-8-26-20/h2-10H,1H3,(H,27,34)(H,28,32)(H,29,33). The van der Waals surface area contributed by atoms with E-state index in [0.717, 1.165) is 0 Å². The van der Waals surface area contributed by atoms with Crippen molar-refractivity contribution in [2.24, 2.45) is 0 Å². The fourth-order valence-electron chi connectivity index (χ4n) is 3.20. The molecule has 0 aliphatic rings. The summed E-state index contributed by atoms with van der Waals surface area (Å²) >= 11 is 16.1. The molecule has 0 fully saturated rings. The lowest BCUT2D eigenvalue weighted by Gasteiger charge is -2.16. The van der Waals surface area contributed by atoms with Crippen molar-refractivity contribution in [3.05, 3.63) is 80.6 Å². The summed E-state index contributed by atoms with van der Waals surface area (Å²) in [6.07, 6.45) is 1.52. The average molecular weight is 562 g/mol. The number of hydrogen-bond acceptors (Lipinski definition) is 5. The zero-order valence-corrected chi connectivity index (χ0v) is 20.5. The minimum Gasteiger partial charge on any atom is -0.319 e. The van der Waals surface area contributed by atoms with Gasteiger partial charge in [-0.3, -0.25) is 25.2 Å². The normalized spacial score (nSPS) is 10.7. The van der Waals surface area contributed by atoms with Gasteiger partial charge in [-0.25, -0.2) is 9.67 Å². The van der Waals surface area contributed by atoms with Crippen LogP contribution in [0.25, 0.3) is 16.6 Å². The predicted octanol–water partition coefficient (Wildman–Crippen LogP) is 4.52. The van der Waals surface area contributed by atoms with Crippen molar-refractivity contribution in [3.8, 4) is 5.82 Å². The van der Waals surface area contributed by atoms with Gasteiger partial charge in [0, 0.05) is 24.6 Å². The molecule has 34 heavy (non-hydrogen) atoms. The second-order valence-corrected chi connectivity index (χ2v) is 8.59. The molecule has 2 heterocycles. The van der Waals surface area contributed by atoms with Crippen LogP contribution >= 0.6 is 39.1 Å². The van der Waals surface area contributed by atoms with Crippen LogP contribution in [-0.2, 0) is 4.79 Å². The van der Waals surface area contributed by atoms with Crippen molar-refractivity contribution in [2.45, 2.75) is 6.92 Å². The lowest BCUT2D eigenvalue weighted by molar-refractivity contribution is -0.119. The van der Waals surface area contributed by atoms with E-state index < -0.39 is 17.7 Å². The molecule has 0 aliphatic heterocycles. The second-order valence-electron chi connectivity index (χ2n) is 7.00. The number of amides is 3. The molecular formula is C22H15BrCl2N6O3. The highest BCUT2D eigenvalue weighted by atomic mass is 79.9. The van der Waals surface area contributed by atoms with Crippen LogP contribution in [-0.4, -0.2) is 32.5 Å². The number of carbonyl (C=O) groups is 3. The lowest BCUT2D eigenvalue weighted by atomic mass is 10.0. The molecule has 9 nitrogen and oxygen atoms in total. The van der Waals surface area contributed by atoms with Gasteiger partial charge in [0.15, 0.2) is 5.82 Å². The van der Waals surface area contributed by atoms with E-state index in [2.05, 4.69) is 42.2 Å². The molecule has 4 rings (SSSR count). The van der Waals surface area contributed by atoms with Gasteiger partial charge >= 0.3 is 0 Å². The lowest BCUT2D eigenvalue weighted by Crippen LogP contribution is -2.40. The van der Waals surface area contributed by atoms with Gasteiger partial charge in [-0.1, -0.05) is 47.5 Å². The minimum absolute atomic E-state index is 0.0480. The fraction of sp³-hybridized carbons (Fsp3) is 0.0455. The van der Waals surface area contributed by atoms with Crippen molar-refractivity contribution in [2.75, 3.05) is 5.32 Å². The Morgan fingerprint density at radius 1 is 1.00 bits per heavy atom. The first-order valence-corrected chi connectivity index (χ1v) is 11.3. The number of aromatic nitrogens is 3. The third kappa shape index (κ3) is 4.74. The number of rotatable bonds is 4. The van der Waals surface area contributed by atoms with Gasteiger partial charge in [0.1, 0.15) is 10.3 Å². The number of anilines is 1. The van der Waals surface area contributed by atoms with E-state index in [1.807, 2.05) is 0 Å². The highest BCUT2D eigenvalue weighted by Crippen LogP contribution is 2.35. The van der Waals surface area contributed by atoms with Crippen LogP contribution in [0.3, 0.4) is 0 Å². The molecule has 0 saturated carbocycles. The average Bonchev–Trinajstić information content (AvgIpc) is 3.21. The molecule has 0 atom stereocenters. The van der Waals surface area contributed by atoms with Crippen molar-refractivity contribution in [1.82, 2.24) is 25.6 Å². The second kappa shape index (κ2) is 9.80. The molecule has 2 aromatic heterocycles. The van der Waals surface area contributed by atoms with E-state index in [1.165, 1.54) is 23.9 Å². The summed E-state index contributed by atoms with van der Waals surface area (Å²) in [5.74, 6) is -1.51. The third-order valence-corrected chi connectivity index (χ3v) is 5.75. The van der Waals surface area contributed by atoms with Crippen LogP contribution in [0.5, 0.6) is 0 Å². The van der Waals surface area contributed by atoms with Gasteiger partial charge in [-0.2, -0.15) is 5.10 Å². The molecule has 4 aromatic rings. The van der Waals surface area contributed by atoms with E-state index in [9.17, 15) is 14.4 Å². The van der Waals surface area contributed by atoms with E-state index >= 15 is 0 Å². The van der Waals surface area contributed by atoms with Crippen LogP contribution in [0, 0.1) is 0 Å². The highest BCUT2D eigenvalue weighted by Gasteiger charge is 2.24. The molecule has 0 saturated heterocycles. The van der Waals surface area contributed by atoms with Gasteiger partial charge in [0.25, 0.3) is 11.8 Å². The Balaban J connectivity index is 1.79. The summed E-state index contributed by atoms with van der Waals surface area (Å²) in [4.78, 5) is 41.6. The number of hydrogen-bond donors (Lipinski definition) is 3. The Morgan fingerprint density at radius 2 is 1.76 bits per heavy atom. The molecule has 3 amide bonds. The van der Waals surface area contributed by atoms with E-state index in [1.54, 1.807) is 42.5 Å². The van der Waals surface area contributed by atoms with Crippen LogP contribution < -0.4 is 16.2 Å². The number of nitrogens with zero attached hydrogens (tertiary/aromatic N) is 3. The summed E-state index contributed by atoms with van der Waals surface area (Å²) in [7, 11) is 0. The highest BCUT2D eigenvalue weighted by molar-refractivity contribution is 9.10. The summed E-state index contributed by atoms with van der Waals surface area (Å²) in [6.45, 7) is 1.25. The summed E-state index contributed by atoms with van der Waals surface area (Å²) in [6, 6.07) is 13.4.